The number of hydrogen-bond donors (Lipinski definition) is 1. The second-order valence-corrected chi connectivity index (χ2v) is 6.33. The molecule has 3 rings (SSSR count). The highest BCUT2D eigenvalue weighted by atomic mass is 19.4. The topological polar surface area (TPSA) is 35.6 Å². The van der Waals surface area contributed by atoms with Crippen molar-refractivity contribution < 1.29 is 18.0 Å². The van der Waals surface area contributed by atoms with Crippen molar-refractivity contribution in [3.63, 3.8) is 0 Å². The number of halogens is 3. The fraction of sp³-hybridized carbons (Fsp3) is 0.562. The Morgan fingerprint density at radius 3 is 2.65 bits per heavy atom. The zero-order valence-electron chi connectivity index (χ0n) is 12.9. The molecule has 1 aromatic carbocycles. The third kappa shape index (κ3) is 3.29. The van der Waals surface area contributed by atoms with E-state index in [1.165, 1.54) is 18.2 Å². The van der Waals surface area contributed by atoms with Crippen LogP contribution in [0.5, 0.6) is 0 Å². The number of carbonyl (C=O) groups excluding carboxylic acids is 1. The summed E-state index contributed by atoms with van der Waals surface area (Å²) >= 11 is 0. The van der Waals surface area contributed by atoms with Gasteiger partial charge < -0.3 is 15.1 Å². The van der Waals surface area contributed by atoms with Gasteiger partial charge in [-0.05, 0) is 44.5 Å². The highest BCUT2D eigenvalue weighted by molar-refractivity contribution is 5.90. The average molecular weight is 327 g/mol. The average Bonchev–Trinajstić information content (AvgIpc) is 2.89. The molecule has 1 aromatic rings. The van der Waals surface area contributed by atoms with Crippen LogP contribution in [-0.4, -0.2) is 48.6 Å². The first-order valence-electron chi connectivity index (χ1n) is 7.78. The van der Waals surface area contributed by atoms with Gasteiger partial charge in [0.05, 0.1) is 11.3 Å². The number of anilines is 1. The Labute approximate surface area is 133 Å². The molecule has 2 saturated heterocycles. The molecular formula is C16H20F3N3O. The maximum absolute atomic E-state index is 13.0. The summed E-state index contributed by atoms with van der Waals surface area (Å²) in [6, 6.07) is 4.74. The first kappa shape index (κ1) is 16.1. The van der Waals surface area contributed by atoms with Crippen LogP contribution in [-0.2, 0) is 6.18 Å². The molecule has 0 unspecified atom stereocenters. The van der Waals surface area contributed by atoms with E-state index in [9.17, 15) is 18.0 Å². The number of likely N-dealkylation sites (tertiary alicyclic amines) is 2. The van der Waals surface area contributed by atoms with Crippen molar-refractivity contribution in [3.8, 4) is 0 Å². The van der Waals surface area contributed by atoms with Gasteiger partial charge >= 0.3 is 12.2 Å². The Hall–Kier alpha value is -1.76. The smallest absolute Gasteiger partial charge is 0.320 e. The number of rotatable bonds is 1. The van der Waals surface area contributed by atoms with Crippen molar-refractivity contribution >= 4 is 11.7 Å². The SMILES string of the molecule is CN1CC[C@@H]2CCN(C(=O)Nc3ccccc3C(F)(F)F)[C@@H]2C1. The molecule has 0 radical (unpaired) electrons. The fourth-order valence-corrected chi connectivity index (χ4v) is 3.58. The number of hydrogen-bond acceptors (Lipinski definition) is 2. The van der Waals surface area contributed by atoms with Crippen molar-refractivity contribution in [2.24, 2.45) is 5.92 Å². The second kappa shape index (κ2) is 6.03. The molecule has 23 heavy (non-hydrogen) atoms. The first-order chi connectivity index (χ1) is 10.9. The highest BCUT2D eigenvalue weighted by Gasteiger charge is 2.40. The minimum Gasteiger partial charge on any atom is -0.320 e. The summed E-state index contributed by atoms with van der Waals surface area (Å²) in [4.78, 5) is 16.3. The minimum atomic E-state index is -4.48. The van der Waals surface area contributed by atoms with Crippen LogP contribution in [0.15, 0.2) is 24.3 Å². The number of alkyl halides is 3. The van der Waals surface area contributed by atoms with Crippen LogP contribution < -0.4 is 5.32 Å². The van der Waals surface area contributed by atoms with E-state index < -0.39 is 17.8 Å². The van der Waals surface area contributed by atoms with Crippen molar-refractivity contribution in [2.45, 2.75) is 25.1 Å². The molecule has 126 valence electrons. The molecule has 2 atom stereocenters. The van der Waals surface area contributed by atoms with E-state index in [-0.39, 0.29) is 11.7 Å². The van der Waals surface area contributed by atoms with Gasteiger partial charge in [0.2, 0.25) is 0 Å². The zero-order valence-corrected chi connectivity index (χ0v) is 12.9. The summed E-state index contributed by atoms with van der Waals surface area (Å²) in [6.07, 6.45) is -2.53. The first-order valence-corrected chi connectivity index (χ1v) is 7.78. The normalized spacial score (nSPS) is 25.3. The van der Waals surface area contributed by atoms with Crippen molar-refractivity contribution in [2.75, 3.05) is 32.0 Å². The summed E-state index contributed by atoms with van der Waals surface area (Å²) in [7, 11) is 2.00. The molecule has 0 saturated carbocycles. The molecule has 2 aliphatic rings. The lowest BCUT2D eigenvalue weighted by atomic mass is 9.92. The highest BCUT2D eigenvalue weighted by Crippen LogP contribution is 2.36. The molecule has 0 spiro atoms. The van der Waals surface area contributed by atoms with E-state index >= 15 is 0 Å². The van der Waals surface area contributed by atoms with Gasteiger partial charge in [-0.1, -0.05) is 12.1 Å². The number of carbonyl (C=O) groups is 1. The Morgan fingerprint density at radius 2 is 1.91 bits per heavy atom. The fourth-order valence-electron chi connectivity index (χ4n) is 3.58. The minimum absolute atomic E-state index is 0.0896. The van der Waals surface area contributed by atoms with Crippen molar-refractivity contribution in [1.29, 1.82) is 0 Å². The molecule has 2 fully saturated rings. The maximum atomic E-state index is 13.0. The number of urea groups is 1. The van der Waals surface area contributed by atoms with Crippen LogP contribution in [0.1, 0.15) is 18.4 Å². The monoisotopic (exact) mass is 327 g/mol. The third-order valence-corrected chi connectivity index (χ3v) is 4.80. The van der Waals surface area contributed by atoms with E-state index in [1.807, 2.05) is 7.05 Å². The number of fused-ring (bicyclic) bond motifs is 1. The number of nitrogens with zero attached hydrogens (tertiary/aromatic N) is 2. The predicted octanol–water partition coefficient (Wildman–Crippen LogP) is 3.26. The predicted molar refractivity (Wildman–Crippen MR) is 81.2 cm³/mol. The van der Waals surface area contributed by atoms with Crippen LogP contribution >= 0.6 is 0 Å². The quantitative estimate of drug-likeness (QED) is 0.859. The number of amides is 2. The summed E-state index contributed by atoms with van der Waals surface area (Å²) in [5, 5.41) is 2.46. The summed E-state index contributed by atoms with van der Waals surface area (Å²) < 4.78 is 39.1. The van der Waals surface area contributed by atoms with Gasteiger partial charge in [0, 0.05) is 19.1 Å². The van der Waals surface area contributed by atoms with Gasteiger partial charge in [-0.15, -0.1) is 0 Å². The van der Waals surface area contributed by atoms with Crippen LogP contribution in [0, 0.1) is 5.92 Å². The Balaban J connectivity index is 1.75. The lowest BCUT2D eigenvalue weighted by Gasteiger charge is -2.36. The molecule has 2 heterocycles. The number of likely N-dealkylation sites (N-methyl/N-ethyl adjacent to an activating group) is 1. The Kier molecular flexibility index (Phi) is 4.23. The van der Waals surface area contributed by atoms with E-state index in [2.05, 4.69) is 10.2 Å². The lowest BCUT2D eigenvalue weighted by Crippen LogP contribution is -2.49. The van der Waals surface area contributed by atoms with Crippen LogP contribution in [0.3, 0.4) is 0 Å². The Morgan fingerprint density at radius 1 is 1.22 bits per heavy atom. The van der Waals surface area contributed by atoms with E-state index in [0.29, 0.717) is 12.5 Å². The number of nitrogens with one attached hydrogen (secondary N) is 1. The maximum Gasteiger partial charge on any atom is 0.418 e. The third-order valence-electron chi connectivity index (χ3n) is 4.80. The summed E-state index contributed by atoms with van der Waals surface area (Å²) in [5.74, 6) is 0.454. The molecule has 0 aliphatic carbocycles. The molecule has 4 nitrogen and oxygen atoms in total. The molecule has 0 aromatic heterocycles. The van der Waals surface area contributed by atoms with Crippen molar-refractivity contribution in [1.82, 2.24) is 9.80 Å². The lowest BCUT2D eigenvalue weighted by molar-refractivity contribution is -0.136. The number of para-hydroxylation sites is 1. The van der Waals surface area contributed by atoms with Gasteiger partial charge in [0.15, 0.2) is 0 Å². The Bertz CT molecular complexity index is 590. The molecule has 7 heteroatoms. The second-order valence-electron chi connectivity index (χ2n) is 6.33. The zero-order chi connectivity index (χ0) is 16.6. The van der Waals surface area contributed by atoms with Gasteiger partial charge in [-0.3, -0.25) is 0 Å². The number of benzene rings is 1. The van der Waals surface area contributed by atoms with Gasteiger partial charge in [0.25, 0.3) is 0 Å². The standard InChI is InChI=1S/C16H20F3N3O/c1-21-8-6-11-7-9-22(14(11)10-21)15(23)20-13-5-3-2-4-12(13)16(17,18)19/h2-5,11,14H,6-10H2,1H3,(H,20,23)/t11-,14-/m1/s1. The van der Waals surface area contributed by atoms with E-state index in [1.54, 1.807) is 4.90 Å². The summed E-state index contributed by atoms with van der Waals surface area (Å²) in [5.41, 5.74) is -0.998. The van der Waals surface area contributed by atoms with E-state index in [4.69, 9.17) is 0 Å². The van der Waals surface area contributed by atoms with Crippen molar-refractivity contribution in [3.05, 3.63) is 29.8 Å². The largest absolute Gasteiger partial charge is 0.418 e. The molecule has 1 N–H and O–H groups in total. The van der Waals surface area contributed by atoms with E-state index in [0.717, 1.165) is 32.0 Å². The number of piperidine rings is 1. The molecular weight excluding hydrogens is 307 g/mol. The molecule has 0 bridgehead atoms. The van der Waals surface area contributed by atoms with Gasteiger partial charge in [-0.25, -0.2) is 4.79 Å². The molecule has 2 aliphatic heterocycles. The van der Waals surface area contributed by atoms with Gasteiger partial charge in [0.1, 0.15) is 0 Å². The van der Waals surface area contributed by atoms with Crippen LogP contribution in [0.25, 0.3) is 0 Å². The van der Waals surface area contributed by atoms with Crippen LogP contribution in [0.4, 0.5) is 23.7 Å². The van der Waals surface area contributed by atoms with Crippen LogP contribution in [0.2, 0.25) is 0 Å². The summed E-state index contributed by atoms with van der Waals surface area (Å²) in [6.45, 7) is 2.38. The van der Waals surface area contributed by atoms with Gasteiger partial charge in [-0.2, -0.15) is 13.2 Å². The molecule has 2 amide bonds.